The number of aldehydes is 1. The lowest BCUT2D eigenvalue weighted by Crippen LogP contribution is -2.54. The molecule has 1 unspecified atom stereocenters. The maximum Gasteiger partial charge on any atom is 0.217 e. The molecule has 1 fully saturated rings. The minimum Gasteiger partial charge on any atom is -0.354 e. The summed E-state index contributed by atoms with van der Waals surface area (Å²) in [6.07, 6.45) is 1.08. The summed E-state index contributed by atoms with van der Waals surface area (Å²) in [6.45, 7) is 1.36. The van der Waals surface area contributed by atoms with Gasteiger partial charge in [-0.2, -0.15) is 0 Å². The number of hydrogen-bond acceptors (Lipinski definition) is 4. The minimum absolute atomic E-state index is 0.350. The van der Waals surface area contributed by atoms with Crippen LogP contribution in [0.4, 0.5) is 11.4 Å². The van der Waals surface area contributed by atoms with E-state index in [-0.39, 0.29) is 11.8 Å². The Morgan fingerprint density at radius 3 is 2.14 bits per heavy atom. The van der Waals surface area contributed by atoms with Crippen molar-refractivity contribution in [1.29, 1.82) is 0 Å². The van der Waals surface area contributed by atoms with Gasteiger partial charge in [0.05, 0.1) is 12.7 Å². The molecule has 0 aromatic heterocycles. The van der Waals surface area contributed by atoms with E-state index < -0.39 is 0 Å². The second kappa shape index (κ2) is 6.43. The van der Waals surface area contributed by atoms with Gasteiger partial charge in [0.15, 0.2) is 6.29 Å². The molecule has 2 aromatic rings. The first-order valence-corrected chi connectivity index (χ1v) is 7.40. The van der Waals surface area contributed by atoms with Gasteiger partial charge in [-0.25, -0.2) is 0 Å². The predicted octanol–water partition coefficient (Wildman–Crippen LogP) is 2.50. The fourth-order valence-corrected chi connectivity index (χ4v) is 2.89. The van der Waals surface area contributed by atoms with Crippen LogP contribution in [-0.2, 0) is 9.59 Å². The molecular formula is C18H18N2O2. The van der Waals surface area contributed by atoms with E-state index in [1.165, 1.54) is 0 Å². The van der Waals surface area contributed by atoms with Gasteiger partial charge >= 0.3 is 0 Å². The molecule has 1 saturated heterocycles. The third-order valence-electron chi connectivity index (χ3n) is 4.03. The highest BCUT2D eigenvalue weighted by atomic mass is 16.2. The quantitative estimate of drug-likeness (QED) is 0.642. The Hall–Kier alpha value is -2.62. The monoisotopic (exact) mass is 294 g/mol. The van der Waals surface area contributed by atoms with E-state index in [9.17, 15) is 9.59 Å². The first-order valence-electron chi connectivity index (χ1n) is 7.40. The third-order valence-corrected chi connectivity index (χ3v) is 4.03. The van der Waals surface area contributed by atoms with Crippen molar-refractivity contribution < 1.29 is 9.59 Å². The normalized spacial score (nSPS) is 18.1. The molecule has 0 bridgehead atoms. The second-order valence-corrected chi connectivity index (χ2v) is 5.37. The molecule has 22 heavy (non-hydrogen) atoms. The zero-order valence-corrected chi connectivity index (χ0v) is 12.3. The Morgan fingerprint density at radius 1 is 0.955 bits per heavy atom. The molecule has 1 aliphatic heterocycles. The molecule has 0 aliphatic carbocycles. The van der Waals surface area contributed by atoms with Gasteiger partial charge in [-0.05, 0) is 30.7 Å². The van der Waals surface area contributed by atoms with Crippen LogP contribution in [0.25, 0.3) is 0 Å². The van der Waals surface area contributed by atoms with Crippen LogP contribution in [0.15, 0.2) is 60.7 Å². The zero-order valence-electron chi connectivity index (χ0n) is 12.3. The van der Waals surface area contributed by atoms with E-state index in [0.717, 1.165) is 17.9 Å². The molecular weight excluding hydrogens is 276 g/mol. The molecule has 4 heteroatoms. The summed E-state index contributed by atoms with van der Waals surface area (Å²) in [5.41, 5.74) is 2.09. The first kappa shape index (κ1) is 14.3. The second-order valence-electron chi connectivity index (χ2n) is 5.37. The number of carbonyl (C=O) groups excluding carboxylic acids is 2. The fraction of sp³-hybridized carbons (Fsp3) is 0.222. The van der Waals surface area contributed by atoms with E-state index in [1.807, 2.05) is 53.4 Å². The fourth-order valence-electron chi connectivity index (χ4n) is 2.89. The van der Waals surface area contributed by atoms with Gasteiger partial charge in [0.25, 0.3) is 0 Å². The Morgan fingerprint density at radius 2 is 1.55 bits per heavy atom. The van der Waals surface area contributed by atoms with Gasteiger partial charge in [-0.15, -0.1) is 0 Å². The number of Topliss-reactive ketones (excluding diaryl/α,β-unsaturated/α-hetero) is 1. The van der Waals surface area contributed by atoms with Crippen molar-refractivity contribution in [3.63, 3.8) is 0 Å². The summed E-state index contributed by atoms with van der Waals surface area (Å²) in [6, 6.07) is 19.5. The zero-order chi connectivity index (χ0) is 15.4. The number of para-hydroxylation sites is 2. The summed E-state index contributed by atoms with van der Waals surface area (Å²) in [4.78, 5) is 27.1. The number of anilines is 2. The summed E-state index contributed by atoms with van der Waals surface area (Å²) in [5, 5.41) is 0. The van der Waals surface area contributed by atoms with Crippen molar-refractivity contribution in [1.82, 2.24) is 0 Å². The molecule has 2 aromatic carbocycles. The number of rotatable bonds is 4. The van der Waals surface area contributed by atoms with Gasteiger partial charge in [0.1, 0.15) is 0 Å². The average molecular weight is 294 g/mol. The van der Waals surface area contributed by atoms with E-state index in [1.54, 1.807) is 0 Å². The van der Waals surface area contributed by atoms with Crippen LogP contribution in [-0.4, -0.2) is 31.3 Å². The van der Waals surface area contributed by atoms with Gasteiger partial charge in [0, 0.05) is 17.9 Å². The lowest BCUT2D eigenvalue weighted by atomic mass is 10.0. The molecule has 0 spiro atoms. The minimum atomic E-state index is -0.375. The molecule has 112 valence electrons. The Bertz CT molecular complexity index is 643. The molecule has 3 rings (SSSR count). The van der Waals surface area contributed by atoms with Gasteiger partial charge < -0.3 is 9.80 Å². The maximum atomic E-state index is 12.0. The molecule has 0 amide bonds. The molecule has 1 heterocycles. The highest BCUT2D eigenvalue weighted by Gasteiger charge is 2.31. The van der Waals surface area contributed by atoms with Crippen LogP contribution in [0.2, 0.25) is 0 Å². The van der Waals surface area contributed by atoms with Crippen LogP contribution in [0.1, 0.15) is 6.42 Å². The van der Waals surface area contributed by atoms with Crippen molar-refractivity contribution in [2.45, 2.75) is 12.5 Å². The Balaban J connectivity index is 1.89. The van der Waals surface area contributed by atoms with E-state index in [0.29, 0.717) is 19.4 Å². The molecule has 1 aliphatic rings. The molecule has 1 atom stereocenters. The van der Waals surface area contributed by atoms with Crippen molar-refractivity contribution in [3.05, 3.63) is 60.7 Å². The highest BCUT2D eigenvalue weighted by Crippen LogP contribution is 2.26. The van der Waals surface area contributed by atoms with E-state index >= 15 is 0 Å². The van der Waals surface area contributed by atoms with Crippen molar-refractivity contribution in [2.24, 2.45) is 0 Å². The molecule has 0 saturated carbocycles. The van der Waals surface area contributed by atoms with E-state index in [4.69, 9.17) is 0 Å². The molecule has 0 radical (unpaired) electrons. The number of benzene rings is 2. The number of ketones is 1. The van der Waals surface area contributed by atoms with Crippen molar-refractivity contribution in [3.8, 4) is 0 Å². The summed E-state index contributed by atoms with van der Waals surface area (Å²) in [7, 11) is 0. The third kappa shape index (κ3) is 2.86. The van der Waals surface area contributed by atoms with Crippen LogP contribution < -0.4 is 9.80 Å². The largest absolute Gasteiger partial charge is 0.354 e. The lowest BCUT2D eigenvalue weighted by Gasteiger charge is -2.42. The first-order chi connectivity index (χ1) is 10.8. The topological polar surface area (TPSA) is 40.6 Å². The number of nitrogens with zero attached hydrogens (tertiary/aromatic N) is 2. The van der Waals surface area contributed by atoms with Crippen LogP contribution >= 0.6 is 0 Å². The highest BCUT2D eigenvalue weighted by molar-refractivity contribution is 6.28. The van der Waals surface area contributed by atoms with E-state index in [2.05, 4.69) is 17.0 Å². The lowest BCUT2D eigenvalue weighted by molar-refractivity contribution is -0.130. The SMILES string of the molecule is O=CC(=O)C1CCN(c2ccccc2)CN1c1ccccc1. The van der Waals surface area contributed by atoms with Crippen molar-refractivity contribution in [2.75, 3.05) is 23.0 Å². The summed E-state index contributed by atoms with van der Waals surface area (Å²) in [5.74, 6) is -0.350. The molecule has 4 nitrogen and oxygen atoms in total. The van der Waals surface area contributed by atoms with Gasteiger partial charge in [0.2, 0.25) is 5.78 Å². The Labute approximate surface area is 130 Å². The summed E-state index contributed by atoms with van der Waals surface area (Å²) >= 11 is 0. The average Bonchev–Trinajstić information content (AvgIpc) is 2.62. The predicted molar refractivity (Wildman–Crippen MR) is 87.1 cm³/mol. The summed E-state index contributed by atoms with van der Waals surface area (Å²) < 4.78 is 0. The smallest absolute Gasteiger partial charge is 0.217 e. The van der Waals surface area contributed by atoms with Crippen LogP contribution in [0, 0.1) is 0 Å². The standard InChI is InChI=1S/C18H18N2O2/c21-13-18(22)17-11-12-19(15-7-3-1-4-8-15)14-20(17)16-9-5-2-6-10-16/h1-10,13,17H,11-12,14H2. The number of hydrogen-bond donors (Lipinski definition) is 0. The van der Waals surface area contributed by atoms with Crippen LogP contribution in [0.5, 0.6) is 0 Å². The Kier molecular flexibility index (Phi) is 4.19. The van der Waals surface area contributed by atoms with Crippen molar-refractivity contribution >= 4 is 23.4 Å². The maximum absolute atomic E-state index is 12.0. The van der Waals surface area contributed by atoms with Crippen LogP contribution in [0.3, 0.4) is 0 Å². The number of carbonyl (C=O) groups is 2. The van der Waals surface area contributed by atoms with Gasteiger partial charge in [-0.3, -0.25) is 9.59 Å². The van der Waals surface area contributed by atoms with Gasteiger partial charge in [-0.1, -0.05) is 36.4 Å². The molecule has 0 N–H and O–H groups in total.